The van der Waals surface area contributed by atoms with E-state index in [0.717, 1.165) is 18.2 Å². The van der Waals surface area contributed by atoms with Gasteiger partial charge in [0, 0.05) is 12.5 Å². The van der Waals surface area contributed by atoms with E-state index < -0.39 is 28.7 Å². The number of amides is 2. The molecule has 2 rings (SSSR count). The van der Waals surface area contributed by atoms with Crippen molar-refractivity contribution in [2.75, 3.05) is 5.32 Å². The van der Waals surface area contributed by atoms with Crippen LogP contribution in [-0.2, 0) is 9.59 Å². The number of hydrogen-bond donors (Lipinski definition) is 3. The van der Waals surface area contributed by atoms with E-state index in [1.807, 2.05) is 0 Å². The van der Waals surface area contributed by atoms with E-state index in [2.05, 4.69) is 10.6 Å². The molecule has 1 aliphatic rings. The largest absolute Gasteiger partial charge is 0.478 e. The van der Waals surface area contributed by atoms with Gasteiger partial charge in [-0.05, 0) is 18.6 Å². The quantitative estimate of drug-likeness (QED) is 0.417. The molecule has 1 aliphatic heterocycles. The van der Waals surface area contributed by atoms with E-state index in [9.17, 15) is 24.5 Å². The van der Waals surface area contributed by atoms with Crippen molar-refractivity contribution in [2.24, 2.45) is 0 Å². The maximum atomic E-state index is 11.6. The maximum absolute atomic E-state index is 11.6. The molecule has 1 unspecified atom stereocenters. The van der Waals surface area contributed by atoms with Gasteiger partial charge in [0.15, 0.2) is 0 Å². The van der Waals surface area contributed by atoms with Gasteiger partial charge in [-0.15, -0.1) is 0 Å². The van der Waals surface area contributed by atoms with Crippen molar-refractivity contribution in [1.29, 1.82) is 0 Å². The van der Waals surface area contributed by atoms with E-state index in [-0.39, 0.29) is 29.8 Å². The van der Waals surface area contributed by atoms with Crippen LogP contribution in [0.5, 0.6) is 0 Å². The van der Waals surface area contributed by atoms with Crippen molar-refractivity contribution < 1.29 is 24.4 Å². The molecular weight excluding hydrogens is 282 g/mol. The van der Waals surface area contributed by atoms with Crippen LogP contribution in [0.2, 0.25) is 0 Å². The minimum Gasteiger partial charge on any atom is -0.478 e. The number of carboxylic acids is 1. The molecule has 1 aromatic carbocycles. The number of anilines is 1. The van der Waals surface area contributed by atoms with E-state index in [1.54, 1.807) is 0 Å². The molecule has 3 N–H and O–H groups in total. The van der Waals surface area contributed by atoms with Crippen molar-refractivity contribution in [3.8, 4) is 0 Å². The van der Waals surface area contributed by atoms with E-state index in [1.165, 1.54) is 0 Å². The highest BCUT2D eigenvalue weighted by atomic mass is 16.6. The Kier molecular flexibility index (Phi) is 3.83. The summed E-state index contributed by atoms with van der Waals surface area (Å²) in [6, 6.07) is 2.42. The molecule has 21 heavy (non-hydrogen) atoms. The summed E-state index contributed by atoms with van der Waals surface area (Å²) in [4.78, 5) is 43.8. The number of rotatable bonds is 4. The fourth-order valence-electron chi connectivity index (χ4n) is 1.96. The highest BCUT2D eigenvalue weighted by Crippen LogP contribution is 2.27. The fraction of sp³-hybridized carbons (Fsp3) is 0.250. The summed E-state index contributed by atoms with van der Waals surface area (Å²) in [5.74, 6) is -2.25. The second kappa shape index (κ2) is 5.57. The summed E-state index contributed by atoms with van der Waals surface area (Å²) >= 11 is 0. The molecule has 9 heteroatoms. The third-order valence-corrected chi connectivity index (χ3v) is 3.01. The topological polar surface area (TPSA) is 139 Å². The Hall–Kier alpha value is -2.97. The van der Waals surface area contributed by atoms with Crippen LogP contribution in [0, 0.1) is 10.1 Å². The number of nitro groups is 1. The average Bonchev–Trinajstić information content (AvgIpc) is 2.41. The molecule has 0 aromatic heterocycles. The predicted octanol–water partition coefficient (Wildman–Crippen LogP) is 0.510. The number of aromatic carboxylic acids is 1. The first-order valence-corrected chi connectivity index (χ1v) is 6.00. The lowest BCUT2D eigenvalue weighted by molar-refractivity contribution is -0.384. The summed E-state index contributed by atoms with van der Waals surface area (Å²) in [6.07, 6.45) is 0.287. The molecule has 1 atom stereocenters. The third-order valence-electron chi connectivity index (χ3n) is 3.01. The zero-order chi connectivity index (χ0) is 15.6. The molecule has 1 aromatic rings. The molecular formula is C12H11N3O6. The first-order chi connectivity index (χ1) is 9.88. The highest BCUT2D eigenvalue weighted by Gasteiger charge is 2.28. The van der Waals surface area contributed by atoms with E-state index in [0.29, 0.717) is 0 Å². The Labute approximate surface area is 118 Å². The van der Waals surface area contributed by atoms with Crippen molar-refractivity contribution in [1.82, 2.24) is 5.32 Å². The van der Waals surface area contributed by atoms with E-state index in [4.69, 9.17) is 5.11 Å². The van der Waals surface area contributed by atoms with Gasteiger partial charge in [0.2, 0.25) is 11.8 Å². The van der Waals surface area contributed by atoms with Crippen molar-refractivity contribution in [3.63, 3.8) is 0 Å². The summed E-state index contributed by atoms with van der Waals surface area (Å²) < 4.78 is 0. The van der Waals surface area contributed by atoms with Gasteiger partial charge in [-0.25, -0.2) is 4.79 Å². The Bertz CT molecular complexity index is 642. The van der Waals surface area contributed by atoms with Crippen molar-refractivity contribution >= 4 is 29.2 Å². The Morgan fingerprint density at radius 3 is 2.71 bits per heavy atom. The zero-order valence-electron chi connectivity index (χ0n) is 10.7. The van der Waals surface area contributed by atoms with Crippen LogP contribution < -0.4 is 10.6 Å². The van der Waals surface area contributed by atoms with Gasteiger partial charge < -0.3 is 10.4 Å². The number of benzene rings is 1. The normalized spacial score (nSPS) is 18.0. The Morgan fingerprint density at radius 1 is 1.43 bits per heavy atom. The molecule has 0 spiro atoms. The van der Waals surface area contributed by atoms with Crippen LogP contribution in [-0.4, -0.2) is 33.9 Å². The van der Waals surface area contributed by atoms with E-state index >= 15 is 0 Å². The first-order valence-electron chi connectivity index (χ1n) is 6.00. The molecule has 1 fully saturated rings. The van der Waals surface area contributed by atoms with Crippen LogP contribution in [0.3, 0.4) is 0 Å². The SMILES string of the molecule is O=C1CCC(Nc2cc(C(=O)O)ccc2[N+](=O)[O-])C(=O)N1. The van der Waals surface area contributed by atoms with Crippen molar-refractivity contribution in [3.05, 3.63) is 33.9 Å². The van der Waals surface area contributed by atoms with Crippen molar-refractivity contribution in [2.45, 2.75) is 18.9 Å². The summed E-state index contributed by atoms with van der Waals surface area (Å²) in [6.45, 7) is 0. The number of carbonyl (C=O) groups excluding carboxylic acids is 2. The average molecular weight is 293 g/mol. The number of nitrogens with one attached hydrogen (secondary N) is 2. The monoisotopic (exact) mass is 293 g/mol. The number of imide groups is 1. The van der Waals surface area contributed by atoms with Gasteiger partial charge in [-0.3, -0.25) is 25.0 Å². The molecule has 9 nitrogen and oxygen atoms in total. The van der Waals surface area contributed by atoms with Gasteiger partial charge >= 0.3 is 5.97 Å². The minimum atomic E-state index is -1.24. The molecule has 1 saturated heterocycles. The molecule has 0 saturated carbocycles. The number of nitro benzene ring substituents is 1. The number of carboxylic acid groups (broad SMARTS) is 1. The number of hydrogen-bond acceptors (Lipinski definition) is 6. The molecule has 0 aliphatic carbocycles. The molecule has 0 bridgehead atoms. The van der Waals surface area contributed by atoms with Crippen LogP contribution in [0.1, 0.15) is 23.2 Å². The molecule has 110 valence electrons. The lowest BCUT2D eigenvalue weighted by atomic mass is 10.0. The second-order valence-electron chi connectivity index (χ2n) is 4.44. The number of carbonyl (C=O) groups is 3. The predicted molar refractivity (Wildman–Crippen MR) is 69.9 cm³/mol. The maximum Gasteiger partial charge on any atom is 0.335 e. The number of piperidine rings is 1. The molecule has 2 amide bonds. The minimum absolute atomic E-state index is 0.0746. The fourth-order valence-corrected chi connectivity index (χ4v) is 1.96. The second-order valence-corrected chi connectivity index (χ2v) is 4.44. The smallest absolute Gasteiger partial charge is 0.335 e. The lowest BCUT2D eigenvalue weighted by Gasteiger charge is -2.22. The van der Waals surface area contributed by atoms with Gasteiger partial charge in [-0.1, -0.05) is 0 Å². The van der Waals surface area contributed by atoms with Gasteiger partial charge in [-0.2, -0.15) is 0 Å². The summed E-state index contributed by atoms with van der Waals surface area (Å²) in [7, 11) is 0. The zero-order valence-corrected chi connectivity index (χ0v) is 10.7. The first kappa shape index (κ1) is 14.4. The molecule has 0 radical (unpaired) electrons. The number of nitrogens with zero attached hydrogens (tertiary/aromatic N) is 1. The standard InChI is InChI=1S/C12H11N3O6/c16-10-4-2-7(11(17)14-10)13-8-5-6(12(18)19)1-3-9(8)15(20)21/h1,3,5,7,13H,2,4H2,(H,18,19)(H,14,16,17). The summed E-state index contributed by atoms with van der Waals surface area (Å²) in [5.41, 5.74) is -0.561. The van der Waals surface area contributed by atoms with Crippen LogP contribution in [0.4, 0.5) is 11.4 Å². The Balaban J connectivity index is 2.30. The highest BCUT2D eigenvalue weighted by molar-refractivity contribution is 6.01. The van der Waals surface area contributed by atoms with Gasteiger partial charge in [0.1, 0.15) is 11.7 Å². The van der Waals surface area contributed by atoms with Gasteiger partial charge in [0.05, 0.1) is 10.5 Å². The summed E-state index contributed by atoms with van der Waals surface area (Å²) in [5, 5.41) is 24.6. The van der Waals surface area contributed by atoms with Crippen LogP contribution >= 0.6 is 0 Å². The van der Waals surface area contributed by atoms with Gasteiger partial charge in [0.25, 0.3) is 5.69 Å². The molecule has 1 heterocycles. The third kappa shape index (κ3) is 3.14. The Morgan fingerprint density at radius 2 is 2.14 bits per heavy atom. The van der Waals surface area contributed by atoms with Crippen LogP contribution in [0.15, 0.2) is 18.2 Å². The lowest BCUT2D eigenvalue weighted by Crippen LogP contribution is -2.47. The van der Waals surface area contributed by atoms with Crippen LogP contribution in [0.25, 0.3) is 0 Å².